The second kappa shape index (κ2) is 5.81. The van der Waals surface area contributed by atoms with E-state index in [0.29, 0.717) is 17.9 Å². The van der Waals surface area contributed by atoms with E-state index in [1.54, 1.807) is 0 Å². The number of aromatic nitrogens is 2. The summed E-state index contributed by atoms with van der Waals surface area (Å²) in [6.45, 7) is 3.35. The summed E-state index contributed by atoms with van der Waals surface area (Å²) in [5.41, 5.74) is 2.54. The van der Waals surface area contributed by atoms with Crippen LogP contribution in [0.25, 0.3) is 0 Å². The Kier molecular flexibility index (Phi) is 4.36. The quantitative estimate of drug-likeness (QED) is 0.578. The molecule has 1 fully saturated rings. The zero-order valence-electron chi connectivity index (χ0n) is 10.7. The highest BCUT2D eigenvalue weighted by Gasteiger charge is 2.23. The van der Waals surface area contributed by atoms with Crippen molar-refractivity contribution in [2.24, 2.45) is 5.84 Å². The maximum Gasteiger partial charge on any atom is 0.159 e. The topological polar surface area (TPSA) is 79.1 Å². The van der Waals surface area contributed by atoms with Crippen LogP contribution in [0.1, 0.15) is 19.8 Å². The van der Waals surface area contributed by atoms with E-state index >= 15 is 0 Å². The molecule has 2 heterocycles. The van der Waals surface area contributed by atoms with Crippen LogP contribution in [0.4, 0.5) is 11.6 Å². The number of piperidine rings is 1. The Morgan fingerprint density at radius 2 is 2.17 bits per heavy atom. The third-order valence-electron chi connectivity index (χ3n) is 3.48. The van der Waals surface area contributed by atoms with E-state index in [1.165, 1.54) is 6.33 Å². The predicted molar refractivity (Wildman–Crippen MR) is 76.3 cm³/mol. The van der Waals surface area contributed by atoms with Gasteiger partial charge in [-0.2, -0.15) is 0 Å². The zero-order chi connectivity index (χ0) is 13.1. The van der Waals surface area contributed by atoms with Crippen molar-refractivity contribution in [2.75, 3.05) is 24.3 Å². The number of nitrogen functional groups attached to an aromatic ring is 1. The molecular formula is C11H19BrN6. The lowest BCUT2D eigenvalue weighted by Gasteiger charge is -2.35. The van der Waals surface area contributed by atoms with Crippen molar-refractivity contribution in [3.63, 3.8) is 0 Å². The highest BCUT2D eigenvalue weighted by atomic mass is 79.9. The molecule has 0 saturated carbocycles. The zero-order valence-corrected chi connectivity index (χ0v) is 12.2. The lowest BCUT2D eigenvalue weighted by molar-refractivity contribution is 0.190. The van der Waals surface area contributed by atoms with E-state index in [-0.39, 0.29) is 0 Å². The van der Waals surface area contributed by atoms with Gasteiger partial charge in [0.25, 0.3) is 0 Å². The summed E-state index contributed by atoms with van der Waals surface area (Å²) >= 11 is 3.45. The predicted octanol–water partition coefficient (Wildman–Crippen LogP) is 1.42. The van der Waals surface area contributed by atoms with Crippen LogP contribution in [-0.4, -0.2) is 40.5 Å². The molecule has 18 heavy (non-hydrogen) atoms. The van der Waals surface area contributed by atoms with Crippen LogP contribution in [0.15, 0.2) is 10.8 Å². The van der Waals surface area contributed by atoms with E-state index in [4.69, 9.17) is 5.84 Å². The smallest absolute Gasteiger partial charge is 0.159 e. The molecule has 0 amide bonds. The summed E-state index contributed by atoms with van der Waals surface area (Å²) in [5, 5.41) is 3.45. The Morgan fingerprint density at radius 3 is 2.83 bits per heavy atom. The third kappa shape index (κ3) is 2.90. The van der Waals surface area contributed by atoms with Crippen LogP contribution in [0, 0.1) is 0 Å². The number of nitrogens with two attached hydrogens (primary N) is 1. The van der Waals surface area contributed by atoms with Gasteiger partial charge in [-0.05, 0) is 42.7 Å². The SMILES string of the molecule is CC1CC(Nc2ncnc(NN)c2Br)CCN1C. The van der Waals surface area contributed by atoms with Gasteiger partial charge in [0.1, 0.15) is 16.6 Å². The molecule has 0 aliphatic carbocycles. The van der Waals surface area contributed by atoms with Crippen molar-refractivity contribution in [1.82, 2.24) is 14.9 Å². The molecule has 2 atom stereocenters. The third-order valence-corrected chi connectivity index (χ3v) is 4.23. The molecule has 1 aliphatic rings. The Labute approximate surface area is 115 Å². The van der Waals surface area contributed by atoms with Crippen LogP contribution in [-0.2, 0) is 0 Å². The first-order valence-electron chi connectivity index (χ1n) is 6.05. The number of likely N-dealkylation sites (tertiary alicyclic amines) is 1. The fraction of sp³-hybridized carbons (Fsp3) is 0.636. The Hall–Kier alpha value is -0.920. The van der Waals surface area contributed by atoms with Gasteiger partial charge in [-0.1, -0.05) is 0 Å². The van der Waals surface area contributed by atoms with E-state index in [2.05, 4.69) is 55.5 Å². The summed E-state index contributed by atoms with van der Waals surface area (Å²) < 4.78 is 0.777. The Bertz CT molecular complexity index is 413. The van der Waals surface area contributed by atoms with Gasteiger partial charge >= 0.3 is 0 Å². The molecule has 100 valence electrons. The summed E-state index contributed by atoms with van der Waals surface area (Å²) in [7, 11) is 2.16. The normalized spacial score (nSPS) is 24.9. The fourth-order valence-corrected chi connectivity index (χ4v) is 2.62. The van der Waals surface area contributed by atoms with Crippen molar-refractivity contribution in [1.29, 1.82) is 0 Å². The number of hydrogen-bond acceptors (Lipinski definition) is 6. The largest absolute Gasteiger partial charge is 0.366 e. The van der Waals surface area contributed by atoms with Gasteiger partial charge in [-0.3, -0.25) is 0 Å². The van der Waals surface area contributed by atoms with Crippen LogP contribution >= 0.6 is 15.9 Å². The summed E-state index contributed by atoms with van der Waals surface area (Å²) in [6, 6.07) is 1.02. The van der Waals surface area contributed by atoms with Gasteiger partial charge in [0.05, 0.1) is 0 Å². The molecule has 0 aromatic carbocycles. The van der Waals surface area contributed by atoms with Crippen molar-refractivity contribution in [2.45, 2.75) is 31.8 Å². The van der Waals surface area contributed by atoms with E-state index in [9.17, 15) is 0 Å². The number of anilines is 2. The molecule has 7 heteroatoms. The van der Waals surface area contributed by atoms with Crippen LogP contribution in [0.3, 0.4) is 0 Å². The molecule has 6 nitrogen and oxygen atoms in total. The molecule has 1 saturated heterocycles. The van der Waals surface area contributed by atoms with Gasteiger partial charge < -0.3 is 15.6 Å². The summed E-state index contributed by atoms with van der Waals surface area (Å²) in [6.07, 6.45) is 3.72. The molecule has 1 aromatic rings. The van der Waals surface area contributed by atoms with Crippen molar-refractivity contribution >= 4 is 27.6 Å². The maximum absolute atomic E-state index is 5.39. The first-order valence-corrected chi connectivity index (χ1v) is 6.85. The molecule has 2 rings (SSSR count). The Morgan fingerprint density at radius 1 is 1.44 bits per heavy atom. The van der Waals surface area contributed by atoms with Crippen molar-refractivity contribution < 1.29 is 0 Å². The van der Waals surface area contributed by atoms with Crippen LogP contribution in [0.5, 0.6) is 0 Å². The Balaban J connectivity index is 2.06. The van der Waals surface area contributed by atoms with Crippen LogP contribution < -0.4 is 16.6 Å². The second-order valence-corrected chi connectivity index (χ2v) is 5.52. The highest BCUT2D eigenvalue weighted by Crippen LogP contribution is 2.28. The van der Waals surface area contributed by atoms with Gasteiger partial charge in [0.2, 0.25) is 0 Å². The first-order chi connectivity index (χ1) is 8.61. The molecule has 0 spiro atoms. The van der Waals surface area contributed by atoms with E-state index < -0.39 is 0 Å². The lowest BCUT2D eigenvalue weighted by Crippen LogP contribution is -2.42. The van der Waals surface area contributed by atoms with Gasteiger partial charge in [-0.25, -0.2) is 15.8 Å². The molecule has 4 N–H and O–H groups in total. The van der Waals surface area contributed by atoms with Crippen molar-refractivity contribution in [3.8, 4) is 0 Å². The minimum Gasteiger partial charge on any atom is -0.366 e. The molecule has 1 aliphatic heterocycles. The molecular weight excluding hydrogens is 296 g/mol. The number of hydrazine groups is 1. The average Bonchev–Trinajstić information content (AvgIpc) is 2.36. The number of hydrogen-bond donors (Lipinski definition) is 3. The number of rotatable bonds is 3. The molecule has 2 unspecified atom stereocenters. The van der Waals surface area contributed by atoms with Gasteiger partial charge in [-0.15, -0.1) is 0 Å². The second-order valence-electron chi connectivity index (χ2n) is 4.72. The van der Waals surface area contributed by atoms with E-state index in [0.717, 1.165) is 29.7 Å². The summed E-state index contributed by atoms with van der Waals surface area (Å²) in [5.74, 6) is 6.77. The minimum atomic E-state index is 0.438. The number of halogens is 1. The standard InChI is InChI=1S/C11H19BrN6/c1-7-5-8(3-4-18(7)2)16-10-9(12)11(17-13)15-6-14-10/h6-8H,3-5,13H2,1-2H3,(H2,14,15,16,17). The summed E-state index contributed by atoms with van der Waals surface area (Å²) in [4.78, 5) is 10.7. The molecule has 1 aromatic heterocycles. The highest BCUT2D eigenvalue weighted by molar-refractivity contribution is 9.10. The van der Waals surface area contributed by atoms with Gasteiger partial charge in [0.15, 0.2) is 5.82 Å². The molecule has 0 radical (unpaired) electrons. The number of nitrogens with one attached hydrogen (secondary N) is 2. The van der Waals surface area contributed by atoms with Crippen LogP contribution in [0.2, 0.25) is 0 Å². The minimum absolute atomic E-state index is 0.438. The van der Waals surface area contributed by atoms with E-state index in [1.807, 2.05) is 0 Å². The first kappa shape index (κ1) is 13.5. The van der Waals surface area contributed by atoms with Crippen molar-refractivity contribution in [3.05, 3.63) is 10.8 Å². The fourth-order valence-electron chi connectivity index (χ4n) is 2.18. The molecule has 0 bridgehead atoms. The van der Waals surface area contributed by atoms with Gasteiger partial charge in [0, 0.05) is 18.6 Å². The average molecular weight is 315 g/mol. The monoisotopic (exact) mass is 314 g/mol. The maximum atomic E-state index is 5.39. The number of nitrogens with zero attached hydrogens (tertiary/aromatic N) is 3. The lowest BCUT2D eigenvalue weighted by atomic mass is 9.99.